The molecule has 0 amide bonds. The summed E-state index contributed by atoms with van der Waals surface area (Å²) in [6.45, 7) is 2.17. The highest BCUT2D eigenvalue weighted by atomic mass is 16.6. The first-order valence-corrected chi connectivity index (χ1v) is 11.1. The Bertz CT molecular complexity index is 1040. The van der Waals surface area contributed by atoms with E-state index in [1.807, 2.05) is 84.9 Å². The molecule has 1 aliphatic heterocycles. The summed E-state index contributed by atoms with van der Waals surface area (Å²) in [7, 11) is 0. The molecule has 1 aliphatic rings. The largest absolute Gasteiger partial charge is 0.445 e. The van der Waals surface area contributed by atoms with E-state index >= 15 is 0 Å². The molecule has 1 heterocycles. The highest BCUT2D eigenvalue weighted by Gasteiger charge is 2.52. The number of cyclic esters (lactones) is 1. The summed E-state index contributed by atoms with van der Waals surface area (Å²) in [6, 6.07) is 26.9. The van der Waals surface area contributed by atoms with E-state index in [9.17, 15) is 9.59 Å². The van der Waals surface area contributed by atoms with Gasteiger partial charge in [0.25, 0.3) is 0 Å². The van der Waals surface area contributed by atoms with Crippen LogP contribution in [0, 0.1) is 5.92 Å². The lowest BCUT2D eigenvalue weighted by atomic mass is 9.71. The first kappa shape index (κ1) is 21.0. The lowest BCUT2D eigenvalue weighted by Crippen LogP contribution is -2.38. The summed E-state index contributed by atoms with van der Waals surface area (Å²) in [5.74, 6) is -0.383. The molecule has 0 spiro atoms. The third-order valence-corrected chi connectivity index (χ3v) is 6.26. The van der Waals surface area contributed by atoms with Gasteiger partial charge in [-0.25, -0.2) is 4.79 Å². The SMILES string of the molecule is CCCCC[C@H](CC(=O)c1ccccc1)[C@]1(c2ccccc2)OC(=O)c2ccccc21. The summed E-state index contributed by atoms with van der Waals surface area (Å²) in [5.41, 5.74) is 2.14. The van der Waals surface area contributed by atoms with Crippen LogP contribution in [0.15, 0.2) is 84.9 Å². The molecule has 31 heavy (non-hydrogen) atoms. The monoisotopic (exact) mass is 412 g/mol. The van der Waals surface area contributed by atoms with E-state index in [0.717, 1.165) is 36.8 Å². The molecular weight excluding hydrogens is 384 g/mol. The number of benzene rings is 3. The number of rotatable bonds is 9. The topological polar surface area (TPSA) is 43.4 Å². The molecule has 0 radical (unpaired) electrons. The van der Waals surface area contributed by atoms with Gasteiger partial charge in [-0.05, 0) is 12.5 Å². The predicted octanol–water partition coefficient (Wildman–Crippen LogP) is 6.57. The van der Waals surface area contributed by atoms with E-state index in [0.29, 0.717) is 17.5 Å². The molecule has 0 fully saturated rings. The smallest absolute Gasteiger partial charge is 0.339 e. The summed E-state index contributed by atoms with van der Waals surface area (Å²) in [4.78, 5) is 26.2. The number of ketones is 1. The van der Waals surface area contributed by atoms with E-state index in [2.05, 4.69) is 6.92 Å². The number of carbonyl (C=O) groups excluding carboxylic acids is 2. The van der Waals surface area contributed by atoms with Crippen LogP contribution < -0.4 is 0 Å². The van der Waals surface area contributed by atoms with Crippen LogP contribution in [0.3, 0.4) is 0 Å². The number of Topliss-reactive ketones (excluding diaryl/α,β-unsaturated/α-hetero) is 1. The predicted molar refractivity (Wildman–Crippen MR) is 122 cm³/mol. The zero-order valence-electron chi connectivity index (χ0n) is 17.9. The maximum Gasteiger partial charge on any atom is 0.339 e. The molecular formula is C28H28O3. The van der Waals surface area contributed by atoms with Gasteiger partial charge >= 0.3 is 5.97 Å². The minimum Gasteiger partial charge on any atom is -0.445 e. The van der Waals surface area contributed by atoms with Crippen LogP contribution >= 0.6 is 0 Å². The second kappa shape index (κ2) is 9.30. The summed E-state index contributed by atoms with van der Waals surface area (Å²) < 4.78 is 6.24. The maximum absolute atomic E-state index is 13.3. The van der Waals surface area contributed by atoms with E-state index in [1.54, 1.807) is 0 Å². The van der Waals surface area contributed by atoms with Gasteiger partial charge in [0.2, 0.25) is 0 Å². The Balaban J connectivity index is 1.81. The zero-order chi connectivity index (χ0) is 21.7. The molecule has 0 saturated heterocycles. The van der Waals surface area contributed by atoms with Crippen LogP contribution in [0.5, 0.6) is 0 Å². The van der Waals surface area contributed by atoms with Crippen molar-refractivity contribution in [2.75, 3.05) is 0 Å². The van der Waals surface area contributed by atoms with E-state index in [4.69, 9.17) is 4.74 Å². The lowest BCUT2D eigenvalue weighted by molar-refractivity contribution is -0.0216. The Morgan fingerprint density at radius 1 is 0.871 bits per heavy atom. The molecule has 0 saturated carbocycles. The summed E-state index contributed by atoms with van der Waals surface area (Å²) in [5, 5.41) is 0. The maximum atomic E-state index is 13.3. The van der Waals surface area contributed by atoms with Crippen LogP contribution in [0.25, 0.3) is 0 Å². The number of carbonyl (C=O) groups is 2. The average molecular weight is 413 g/mol. The Kier molecular flexibility index (Phi) is 6.31. The number of ether oxygens (including phenoxy) is 1. The van der Waals surface area contributed by atoms with E-state index in [1.165, 1.54) is 0 Å². The molecule has 3 nitrogen and oxygen atoms in total. The van der Waals surface area contributed by atoms with Crippen molar-refractivity contribution >= 4 is 11.8 Å². The fourth-order valence-corrected chi connectivity index (χ4v) is 4.74. The van der Waals surface area contributed by atoms with Crippen molar-refractivity contribution in [3.8, 4) is 0 Å². The molecule has 3 aromatic carbocycles. The van der Waals surface area contributed by atoms with Crippen molar-refractivity contribution in [2.45, 2.75) is 44.6 Å². The molecule has 3 heteroatoms. The third kappa shape index (κ3) is 4.05. The number of fused-ring (bicyclic) bond motifs is 1. The van der Waals surface area contributed by atoms with Crippen molar-refractivity contribution in [3.05, 3.63) is 107 Å². The van der Waals surface area contributed by atoms with Gasteiger partial charge in [0, 0.05) is 29.0 Å². The van der Waals surface area contributed by atoms with Gasteiger partial charge in [-0.1, -0.05) is 105 Å². The molecule has 3 aromatic rings. The standard InChI is InChI=1S/C28H28O3/c1-2-3-6-17-23(20-26(29)21-13-7-4-8-14-21)28(22-15-9-5-10-16-22)25-19-12-11-18-24(25)27(30)31-28/h4-5,7-16,18-19,23H,2-3,6,17,20H2,1H3/t23-,28+/m1/s1. The van der Waals surface area contributed by atoms with Gasteiger partial charge in [-0.2, -0.15) is 0 Å². The summed E-state index contributed by atoms with van der Waals surface area (Å²) >= 11 is 0. The quantitative estimate of drug-likeness (QED) is 0.227. The lowest BCUT2D eigenvalue weighted by Gasteiger charge is -2.37. The Hall–Kier alpha value is -3.20. The van der Waals surface area contributed by atoms with Gasteiger partial charge in [0.05, 0.1) is 5.56 Å². The molecule has 0 N–H and O–H groups in total. The van der Waals surface area contributed by atoms with Gasteiger partial charge in [0.1, 0.15) is 0 Å². The molecule has 0 aliphatic carbocycles. The number of unbranched alkanes of at least 4 members (excludes halogenated alkanes) is 2. The fraction of sp³-hybridized carbons (Fsp3) is 0.286. The normalized spacial score (nSPS) is 18.3. The molecule has 0 unspecified atom stereocenters. The van der Waals surface area contributed by atoms with Gasteiger partial charge < -0.3 is 4.74 Å². The van der Waals surface area contributed by atoms with Crippen molar-refractivity contribution in [1.29, 1.82) is 0 Å². The third-order valence-electron chi connectivity index (χ3n) is 6.26. The van der Waals surface area contributed by atoms with Gasteiger partial charge in [-0.15, -0.1) is 0 Å². The number of hydrogen-bond acceptors (Lipinski definition) is 3. The second-order valence-electron chi connectivity index (χ2n) is 8.22. The molecule has 0 aromatic heterocycles. The summed E-state index contributed by atoms with van der Waals surface area (Å²) in [6.07, 6.45) is 4.29. The Morgan fingerprint density at radius 3 is 2.23 bits per heavy atom. The van der Waals surface area contributed by atoms with Gasteiger partial charge in [-0.3, -0.25) is 4.79 Å². The van der Waals surface area contributed by atoms with Crippen LogP contribution in [0.2, 0.25) is 0 Å². The average Bonchev–Trinajstić information content (AvgIpc) is 3.13. The zero-order valence-corrected chi connectivity index (χ0v) is 17.9. The van der Waals surface area contributed by atoms with Crippen LogP contribution in [-0.4, -0.2) is 11.8 Å². The van der Waals surface area contributed by atoms with Crippen molar-refractivity contribution < 1.29 is 14.3 Å². The van der Waals surface area contributed by atoms with Crippen LogP contribution in [0.4, 0.5) is 0 Å². The Labute approximate surface area is 184 Å². The van der Waals surface area contributed by atoms with Gasteiger partial charge in [0.15, 0.2) is 11.4 Å². The minimum absolute atomic E-state index is 0.0813. The molecule has 2 atom stereocenters. The molecule has 158 valence electrons. The van der Waals surface area contributed by atoms with Crippen LogP contribution in [0.1, 0.15) is 70.9 Å². The first-order chi connectivity index (χ1) is 15.2. The molecule has 4 rings (SSSR count). The van der Waals surface area contributed by atoms with Crippen LogP contribution in [-0.2, 0) is 10.3 Å². The minimum atomic E-state index is -0.951. The first-order valence-electron chi connectivity index (χ1n) is 11.1. The molecule has 0 bridgehead atoms. The van der Waals surface area contributed by atoms with E-state index < -0.39 is 5.60 Å². The number of hydrogen-bond donors (Lipinski definition) is 0. The van der Waals surface area contributed by atoms with Crippen molar-refractivity contribution in [1.82, 2.24) is 0 Å². The van der Waals surface area contributed by atoms with E-state index in [-0.39, 0.29) is 17.7 Å². The van der Waals surface area contributed by atoms with Crippen molar-refractivity contribution in [3.63, 3.8) is 0 Å². The van der Waals surface area contributed by atoms with Crippen molar-refractivity contribution in [2.24, 2.45) is 5.92 Å². The number of esters is 1. The highest BCUT2D eigenvalue weighted by Crippen LogP contribution is 2.50. The fourth-order valence-electron chi connectivity index (χ4n) is 4.74. The second-order valence-corrected chi connectivity index (χ2v) is 8.22. The Morgan fingerprint density at radius 2 is 1.52 bits per heavy atom. The highest BCUT2D eigenvalue weighted by molar-refractivity contribution is 5.97.